The number of benzene rings is 3. The molecule has 0 heterocycles. The summed E-state index contributed by atoms with van der Waals surface area (Å²) in [6, 6.07) is 16.5. The first-order valence-electron chi connectivity index (χ1n) is 7.84. The maximum atomic E-state index is 12.5. The van der Waals surface area contributed by atoms with Crippen LogP contribution in [0.4, 0.5) is 0 Å². The zero-order valence-electron chi connectivity index (χ0n) is 13.0. The third-order valence-electron chi connectivity index (χ3n) is 4.62. The fourth-order valence-electron chi connectivity index (χ4n) is 3.49. The zero-order chi connectivity index (χ0) is 16.0. The first-order valence-corrected chi connectivity index (χ1v) is 7.84. The van der Waals surface area contributed by atoms with Crippen LogP contribution < -0.4 is 0 Å². The molecular formula is C22H16O. The van der Waals surface area contributed by atoms with E-state index >= 15 is 0 Å². The van der Waals surface area contributed by atoms with Crippen LogP contribution in [0.2, 0.25) is 0 Å². The summed E-state index contributed by atoms with van der Waals surface area (Å²) in [7, 11) is 0. The molecule has 0 saturated carbocycles. The largest absolute Gasteiger partial charge is 0.294 e. The fraction of sp³-hybridized carbons (Fsp3) is 0.136. The third kappa shape index (κ3) is 2.15. The molecule has 0 atom stereocenters. The van der Waals surface area contributed by atoms with Gasteiger partial charge in [0.2, 0.25) is 0 Å². The molecule has 0 bridgehead atoms. The van der Waals surface area contributed by atoms with E-state index < -0.39 is 0 Å². The highest BCUT2D eigenvalue weighted by molar-refractivity contribution is 6.13. The van der Waals surface area contributed by atoms with E-state index in [4.69, 9.17) is 6.42 Å². The quantitative estimate of drug-likeness (QED) is 0.582. The van der Waals surface area contributed by atoms with E-state index in [0.717, 1.165) is 34.1 Å². The molecule has 23 heavy (non-hydrogen) atoms. The van der Waals surface area contributed by atoms with Gasteiger partial charge in [0.15, 0.2) is 5.78 Å². The van der Waals surface area contributed by atoms with Gasteiger partial charge < -0.3 is 0 Å². The summed E-state index contributed by atoms with van der Waals surface area (Å²) in [6.07, 6.45) is 6.91. The lowest BCUT2D eigenvalue weighted by Crippen LogP contribution is -1.97. The van der Waals surface area contributed by atoms with Crippen molar-refractivity contribution in [1.82, 2.24) is 0 Å². The molecule has 0 fully saturated rings. The average Bonchev–Trinajstić information content (AvgIpc) is 2.94. The SMILES string of the molecule is C#Cc1ccc(-c2c3c(cc4ccc(C)cc24)CCC3=O)cc1. The Kier molecular flexibility index (Phi) is 3.06. The van der Waals surface area contributed by atoms with Crippen LogP contribution >= 0.6 is 0 Å². The summed E-state index contributed by atoms with van der Waals surface area (Å²) in [6.45, 7) is 2.08. The minimum absolute atomic E-state index is 0.249. The molecule has 0 spiro atoms. The van der Waals surface area contributed by atoms with Gasteiger partial charge in [0.25, 0.3) is 0 Å². The summed E-state index contributed by atoms with van der Waals surface area (Å²) in [5.74, 6) is 2.90. The van der Waals surface area contributed by atoms with Crippen molar-refractivity contribution in [2.45, 2.75) is 19.8 Å². The Labute approximate surface area is 136 Å². The summed E-state index contributed by atoms with van der Waals surface area (Å²) < 4.78 is 0. The fourth-order valence-corrected chi connectivity index (χ4v) is 3.49. The highest BCUT2D eigenvalue weighted by atomic mass is 16.1. The molecule has 0 unspecified atom stereocenters. The van der Waals surface area contributed by atoms with Crippen molar-refractivity contribution in [2.24, 2.45) is 0 Å². The average molecular weight is 296 g/mol. The van der Waals surface area contributed by atoms with E-state index in [1.165, 1.54) is 16.5 Å². The molecule has 0 amide bonds. The monoisotopic (exact) mass is 296 g/mol. The molecular weight excluding hydrogens is 280 g/mol. The van der Waals surface area contributed by atoms with Crippen molar-refractivity contribution in [2.75, 3.05) is 0 Å². The Morgan fingerprint density at radius 3 is 2.48 bits per heavy atom. The van der Waals surface area contributed by atoms with Gasteiger partial charge in [-0.15, -0.1) is 6.42 Å². The van der Waals surface area contributed by atoms with Gasteiger partial charge >= 0.3 is 0 Å². The van der Waals surface area contributed by atoms with Crippen LogP contribution in [-0.2, 0) is 6.42 Å². The predicted octanol–water partition coefficient (Wildman–Crippen LogP) is 4.93. The van der Waals surface area contributed by atoms with Crippen molar-refractivity contribution in [3.05, 3.63) is 70.8 Å². The summed E-state index contributed by atoms with van der Waals surface area (Å²) in [4.78, 5) is 12.5. The lowest BCUT2D eigenvalue weighted by molar-refractivity contribution is 0.0995. The summed E-state index contributed by atoms with van der Waals surface area (Å²) >= 11 is 0. The molecule has 1 nitrogen and oxygen atoms in total. The molecule has 1 heteroatoms. The van der Waals surface area contributed by atoms with Crippen LogP contribution in [0.5, 0.6) is 0 Å². The minimum atomic E-state index is 0.249. The van der Waals surface area contributed by atoms with Gasteiger partial charge in [-0.2, -0.15) is 0 Å². The molecule has 0 N–H and O–H groups in total. The van der Waals surface area contributed by atoms with E-state index in [1.807, 2.05) is 24.3 Å². The number of hydrogen-bond donors (Lipinski definition) is 0. The number of rotatable bonds is 1. The van der Waals surface area contributed by atoms with Gasteiger partial charge in [-0.1, -0.05) is 47.9 Å². The van der Waals surface area contributed by atoms with Gasteiger partial charge in [0.05, 0.1) is 0 Å². The van der Waals surface area contributed by atoms with Crippen molar-refractivity contribution in [3.63, 3.8) is 0 Å². The van der Waals surface area contributed by atoms with Crippen molar-refractivity contribution in [3.8, 4) is 23.5 Å². The van der Waals surface area contributed by atoms with Crippen molar-refractivity contribution < 1.29 is 4.79 Å². The molecule has 0 aliphatic heterocycles. The second-order valence-electron chi connectivity index (χ2n) is 6.16. The zero-order valence-corrected chi connectivity index (χ0v) is 13.0. The summed E-state index contributed by atoms with van der Waals surface area (Å²) in [5, 5.41) is 2.34. The molecule has 1 aliphatic rings. The molecule has 110 valence electrons. The first-order chi connectivity index (χ1) is 11.2. The van der Waals surface area contributed by atoms with Crippen molar-refractivity contribution in [1.29, 1.82) is 0 Å². The van der Waals surface area contributed by atoms with E-state index in [9.17, 15) is 4.79 Å². The number of ketones is 1. The van der Waals surface area contributed by atoms with E-state index in [0.29, 0.717) is 6.42 Å². The van der Waals surface area contributed by atoms with E-state index in [2.05, 4.69) is 37.1 Å². The summed E-state index contributed by atoms with van der Waals surface area (Å²) in [5.41, 5.74) is 6.25. The Balaban J connectivity index is 2.10. The highest BCUT2D eigenvalue weighted by Crippen LogP contribution is 2.39. The molecule has 4 rings (SSSR count). The standard InChI is InChI=1S/C22H16O/c1-3-15-5-8-16(9-6-15)21-19-12-14(2)4-7-17(19)13-18-10-11-20(23)22(18)21/h1,4-9,12-13H,10-11H2,2H3. The Morgan fingerprint density at radius 2 is 1.74 bits per heavy atom. The number of hydrogen-bond acceptors (Lipinski definition) is 1. The van der Waals surface area contributed by atoms with E-state index in [1.54, 1.807) is 0 Å². The highest BCUT2D eigenvalue weighted by Gasteiger charge is 2.25. The maximum absolute atomic E-state index is 12.5. The van der Waals surface area contributed by atoms with Crippen molar-refractivity contribution >= 4 is 16.6 Å². The number of terminal acetylenes is 1. The van der Waals surface area contributed by atoms with Crippen LogP contribution in [0.25, 0.3) is 21.9 Å². The van der Waals surface area contributed by atoms with Gasteiger partial charge in [0, 0.05) is 23.1 Å². The number of fused-ring (bicyclic) bond motifs is 2. The Bertz CT molecular complexity index is 985. The van der Waals surface area contributed by atoms with Crippen LogP contribution in [-0.4, -0.2) is 5.78 Å². The third-order valence-corrected chi connectivity index (χ3v) is 4.62. The van der Waals surface area contributed by atoms with Gasteiger partial charge in [-0.3, -0.25) is 4.79 Å². The smallest absolute Gasteiger partial charge is 0.164 e. The Hall–Kier alpha value is -2.85. The van der Waals surface area contributed by atoms with E-state index in [-0.39, 0.29) is 5.78 Å². The number of carbonyl (C=O) groups excluding carboxylic acids is 1. The van der Waals surface area contributed by atoms with Crippen LogP contribution in [0.1, 0.15) is 33.5 Å². The minimum Gasteiger partial charge on any atom is -0.294 e. The molecule has 0 aromatic heterocycles. The normalized spacial score (nSPS) is 13.1. The molecule has 0 saturated heterocycles. The predicted molar refractivity (Wildman–Crippen MR) is 94.7 cm³/mol. The van der Waals surface area contributed by atoms with Crippen LogP contribution in [0, 0.1) is 19.3 Å². The topological polar surface area (TPSA) is 17.1 Å². The second-order valence-corrected chi connectivity index (χ2v) is 6.16. The lowest BCUT2D eigenvalue weighted by Gasteiger charge is -2.13. The number of aryl methyl sites for hydroxylation is 2. The lowest BCUT2D eigenvalue weighted by atomic mass is 9.89. The van der Waals surface area contributed by atoms with Crippen LogP contribution in [0.3, 0.4) is 0 Å². The molecule has 3 aromatic carbocycles. The first kappa shape index (κ1) is 13.8. The molecule has 0 radical (unpaired) electrons. The van der Waals surface area contributed by atoms with Crippen LogP contribution in [0.15, 0.2) is 48.5 Å². The Morgan fingerprint density at radius 1 is 0.957 bits per heavy atom. The maximum Gasteiger partial charge on any atom is 0.164 e. The van der Waals surface area contributed by atoms with Gasteiger partial charge in [-0.25, -0.2) is 0 Å². The van der Waals surface area contributed by atoms with Gasteiger partial charge in [0.1, 0.15) is 0 Å². The molecule has 3 aromatic rings. The second kappa shape index (κ2) is 5.11. The number of carbonyl (C=O) groups is 1. The molecule has 1 aliphatic carbocycles. The number of Topliss-reactive ketones (excluding diaryl/α,β-unsaturated/α-hetero) is 1. The van der Waals surface area contributed by atoms with Gasteiger partial charge in [-0.05, 0) is 47.4 Å².